The number of piperazine rings is 1. The number of anilines is 1. The van der Waals surface area contributed by atoms with Crippen LogP contribution in [0.2, 0.25) is 0 Å². The third-order valence-electron chi connectivity index (χ3n) is 11.7. The SMILES string of the molecule is C#Cc1c(F)ccc2cc(O)cc(-c3ccc4c(N5CC6CCC(C5)N6C[C@H](O)CNC(=O)OC(C)(C)C)nc(OCC56CCCN5C[C@H](F)C6)nc4c3F)c12. The third kappa shape index (κ3) is 7.16. The standard InChI is InChI=1S/C42H47F3N6O5/c1-5-30-34(44)12-7-24-15-28(52)16-33(35(24)30)31-10-11-32-37(36(31)45)47-39(55-23-42-13-6-14-50(42)19-25(43)17-42)48-38(32)49-20-26-8-9-27(21-49)51(26)22-29(53)18-46-40(54)56-41(2,3)4/h1,7,10-12,15-16,25-27,29,52-53H,6,8-9,13-14,17-23H2,2-4H3,(H,46,54)/t25-,26?,27?,29-,42?/m1/s1. The van der Waals surface area contributed by atoms with Crippen molar-refractivity contribution in [2.45, 2.75) is 88.4 Å². The Labute approximate surface area is 323 Å². The van der Waals surface area contributed by atoms with Gasteiger partial charge in [0, 0.05) is 67.6 Å². The second kappa shape index (κ2) is 14.6. The minimum absolute atomic E-state index is 0.0216. The van der Waals surface area contributed by atoms with Crippen LogP contribution in [-0.4, -0.2) is 117 Å². The second-order valence-corrected chi connectivity index (χ2v) is 16.7. The van der Waals surface area contributed by atoms with Crippen LogP contribution in [0, 0.1) is 24.0 Å². The number of aliphatic hydroxyl groups is 1. The number of aromatic nitrogens is 2. The highest BCUT2D eigenvalue weighted by atomic mass is 19.1. The molecule has 4 fully saturated rings. The van der Waals surface area contributed by atoms with E-state index >= 15 is 4.39 Å². The molecule has 11 nitrogen and oxygen atoms in total. The molecule has 3 unspecified atom stereocenters. The van der Waals surface area contributed by atoms with Crippen LogP contribution < -0.4 is 15.0 Å². The number of hydrogen-bond donors (Lipinski definition) is 3. The Bertz CT molecular complexity index is 2210. The minimum Gasteiger partial charge on any atom is -0.508 e. The molecule has 1 aromatic heterocycles. The van der Waals surface area contributed by atoms with Gasteiger partial charge in [-0.15, -0.1) is 6.42 Å². The van der Waals surface area contributed by atoms with Gasteiger partial charge in [0.15, 0.2) is 5.82 Å². The fourth-order valence-corrected chi connectivity index (χ4v) is 9.35. The molecule has 0 saturated carbocycles. The molecule has 5 heterocycles. The van der Waals surface area contributed by atoms with Crippen LogP contribution in [0.3, 0.4) is 0 Å². The van der Waals surface area contributed by atoms with Crippen LogP contribution in [0.5, 0.6) is 11.8 Å². The van der Waals surface area contributed by atoms with Gasteiger partial charge in [0.05, 0.1) is 17.2 Å². The fraction of sp³-hybridized carbons (Fsp3) is 0.500. The number of terminal acetylenes is 1. The molecule has 3 aromatic carbocycles. The van der Waals surface area contributed by atoms with Crippen molar-refractivity contribution in [1.29, 1.82) is 0 Å². The quantitative estimate of drug-likeness (QED) is 0.177. The number of nitrogens with one attached hydrogen (secondary N) is 1. The zero-order chi connectivity index (χ0) is 39.5. The summed E-state index contributed by atoms with van der Waals surface area (Å²) < 4.78 is 58.4. The van der Waals surface area contributed by atoms with E-state index in [4.69, 9.17) is 20.9 Å². The number of alkyl carbamates (subject to hydrolysis) is 1. The maximum atomic E-state index is 17.2. The Balaban J connectivity index is 1.13. The van der Waals surface area contributed by atoms with Gasteiger partial charge in [-0.05, 0) is 88.2 Å². The summed E-state index contributed by atoms with van der Waals surface area (Å²) in [5.41, 5.74) is -0.941. The van der Waals surface area contributed by atoms with Gasteiger partial charge in [0.25, 0.3) is 0 Å². The van der Waals surface area contributed by atoms with Crippen LogP contribution in [0.25, 0.3) is 32.8 Å². The number of aromatic hydroxyl groups is 1. The van der Waals surface area contributed by atoms with Gasteiger partial charge >= 0.3 is 12.1 Å². The molecule has 2 bridgehead atoms. The molecule has 3 N–H and O–H groups in total. The topological polar surface area (TPSA) is 124 Å². The van der Waals surface area contributed by atoms with E-state index < -0.39 is 41.1 Å². The van der Waals surface area contributed by atoms with E-state index in [1.165, 1.54) is 24.3 Å². The number of fused-ring (bicyclic) bond motifs is 5. The summed E-state index contributed by atoms with van der Waals surface area (Å²) in [6, 6.07) is 8.86. The van der Waals surface area contributed by atoms with Crippen molar-refractivity contribution >= 4 is 33.6 Å². The minimum atomic E-state index is -0.958. The van der Waals surface area contributed by atoms with Crippen LogP contribution in [0.4, 0.5) is 23.8 Å². The monoisotopic (exact) mass is 772 g/mol. The highest BCUT2D eigenvalue weighted by molar-refractivity contribution is 6.04. The molecule has 1 amide bonds. The maximum Gasteiger partial charge on any atom is 0.407 e. The number of benzene rings is 3. The molecular formula is C42H47F3N6O5. The number of carbonyl (C=O) groups is 1. The number of halogens is 3. The van der Waals surface area contributed by atoms with Crippen LogP contribution in [0.1, 0.15) is 58.4 Å². The summed E-state index contributed by atoms with van der Waals surface area (Å²) in [6.45, 7) is 8.05. The highest BCUT2D eigenvalue weighted by Gasteiger charge is 2.49. The van der Waals surface area contributed by atoms with Gasteiger partial charge in [0.2, 0.25) is 0 Å². The van der Waals surface area contributed by atoms with Crippen molar-refractivity contribution in [2.75, 3.05) is 50.8 Å². The van der Waals surface area contributed by atoms with Gasteiger partial charge in [-0.2, -0.15) is 9.97 Å². The number of phenols is 1. The lowest BCUT2D eigenvalue weighted by molar-refractivity contribution is 0.0433. The van der Waals surface area contributed by atoms with E-state index in [2.05, 4.69) is 30.9 Å². The van der Waals surface area contributed by atoms with Gasteiger partial charge in [-0.1, -0.05) is 18.1 Å². The van der Waals surface area contributed by atoms with Gasteiger partial charge in [0.1, 0.15) is 41.3 Å². The summed E-state index contributed by atoms with van der Waals surface area (Å²) in [7, 11) is 0. The molecule has 0 radical (unpaired) electrons. The number of phenolic OH excluding ortho intramolecular Hbond substituents is 1. The molecule has 4 aromatic rings. The van der Waals surface area contributed by atoms with E-state index in [0.717, 1.165) is 32.2 Å². The summed E-state index contributed by atoms with van der Waals surface area (Å²) >= 11 is 0. The summed E-state index contributed by atoms with van der Waals surface area (Å²) in [5, 5.41) is 25.4. The summed E-state index contributed by atoms with van der Waals surface area (Å²) in [6.07, 6.45) is 7.16. The lowest BCUT2D eigenvalue weighted by atomic mass is 9.93. The number of alkyl halides is 1. The number of aliphatic hydroxyl groups excluding tert-OH is 1. The number of nitrogens with zero attached hydrogens (tertiary/aromatic N) is 5. The normalized spacial score (nSPS) is 24.4. The zero-order valence-corrected chi connectivity index (χ0v) is 31.8. The van der Waals surface area contributed by atoms with Crippen molar-refractivity contribution in [3.63, 3.8) is 0 Å². The first-order valence-corrected chi connectivity index (χ1v) is 19.3. The van der Waals surface area contributed by atoms with Crippen molar-refractivity contribution in [2.24, 2.45) is 0 Å². The Morgan fingerprint density at radius 3 is 2.61 bits per heavy atom. The average Bonchev–Trinajstić information content (AvgIpc) is 3.74. The number of ether oxygens (including phenoxy) is 2. The first-order valence-electron chi connectivity index (χ1n) is 19.3. The molecule has 56 heavy (non-hydrogen) atoms. The molecule has 4 aliphatic heterocycles. The maximum absolute atomic E-state index is 17.2. The largest absolute Gasteiger partial charge is 0.508 e. The van der Waals surface area contributed by atoms with Crippen LogP contribution in [0.15, 0.2) is 36.4 Å². The van der Waals surface area contributed by atoms with Crippen molar-refractivity contribution in [1.82, 2.24) is 25.1 Å². The number of rotatable bonds is 9. The van der Waals surface area contributed by atoms with Crippen molar-refractivity contribution < 1.29 is 37.7 Å². The summed E-state index contributed by atoms with van der Waals surface area (Å²) in [4.78, 5) is 28.2. The predicted octanol–water partition coefficient (Wildman–Crippen LogP) is 5.91. The lowest BCUT2D eigenvalue weighted by Crippen LogP contribution is -2.56. The summed E-state index contributed by atoms with van der Waals surface area (Å²) in [5.74, 6) is 1.37. The van der Waals surface area contributed by atoms with Crippen LogP contribution in [-0.2, 0) is 4.74 Å². The number of hydrogen-bond acceptors (Lipinski definition) is 10. The first kappa shape index (κ1) is 38.1. The van der Waals surface area contributed by atoms with Gasteiger partial charge in [-0.25, -0.2) is 18.0 Å². The van der Waals surface area contributed by atoms with Gasteiger partial charge in [-0.3, -0.25) is 9.80 Å². The Kier molecular flexibility index (Phi) is 9.91. The van der Waals surface area contributed by atoms with E-state index in [1.54, 1.807) is 32.9 Å². The predicted molar refractivity (Wildman–Crippen MR) is 207 cm³/mol. The Hall–Kier alpha value is -4.84. The van der Waals surface area contributed by atoms with Crippen molar-refractivity contribution in [3.8, 4) is 35.2 Å². The molecule has 14 heteroatoms. The fourth-order valence-electron chi connectivity index (χ4n) is 9.35. The lowest BCUT2D eigenvalue weighted by Gasteiger charge is -2.42. The van der Waals surface area contributed by atoms with E-state index in [9.17, 15) is 23.8 Å². The van der Waals surface area contributed by atoms with Gasteiger partial charge < -0.3 is 29.9 Å². The Morgan fingerprint density at radius 1 is 1.11 bits per heavy atom. The second-order valence-electron chi connectivity index (χ2n) is 16.7. The molecule has 8 rings (SSSR count). The first-order chi connectivity index (χ1) is 26.7. The molecule has 296 valence electrons. The third-order valence-corrected chi connectivity index (χ3v) is 11.7. The molecule has 5 atom stereocenters. The average molecular weight is 773 g/mol. The molecular weight excluding hydrogens is 725 g/mol. The number of carbonyl (C=O) groups excluding carboxylic acids is 1. The van der Waals surface area contributed by atoms with Crippen LogP contribution >= 0.6 is 0 Å². The number of amides is 1. The zero-order valence-electron chi connectivity index (χ0n) is 31.8. The van der Waals surface area contributed by atoms with E-state index in [1.807, 2.05) is 0 Å². The van der Waals surface area contributed by atoms with E-state index in [-0.39, 0.29) is 64.6 Å². The molecule has 0 aliphatic carbocycles. The smallest absolute Gasteiger partial charge is 0.407 e. The molecule has 0 spiro atoms. The Morgan fingerprint density at radius 2 is 1.88 bits per heavy atom. The van der Waals surface area contributed by atoms with E-state index in [0.29, 0.717) is 49.2 Å². The molecule has 4 aliphatic rings. The highest BCUT2D eigenvalue weighted by Crippen LogP contribution is 2.43. The molecule has 4 saturated heterocycles. The van der Waals surface area contributed by atoms with Crippen molar-refractivity contribution in [3.05, 3.63) is 53.6 Å².